The Balaban J connectivity index is 1.15. The lowest BCUT2D eigenvalue weighted by atomic mass is 10.1. The van der Waals surface area contributed by atoms with Crippen LogP contribution in [0.15, 0.2) is 54.6 Å². The quantitative estimate of drug-likeness (QED) is 0.633. The van der Waals surface area contributed by atoms with Gasteiger partial charge in [-0.25, -0.2) is 0 Å². The molecule has 1 amide bonds. The summed E-state index contributed by atoms with van der Waals surface area (Å²) < 4.78 is 16.1. The number of aromatic nitrogens is 2. The van der Waals surface area contributed by atoms with Crippen LogP contribution >= 0.6 is 0 Å². The molecule has 0 aliphatic carbocycles. The minimum atomic E-state index is -0.249. The van der Waals surface area contributed by atoms with E-state index in [1.165, 1.54) is 19.3 Å². The molecule has 0 bridgehead atoms. The molecule has 0 atom stereocenters. The van der Waals surface area contributed by atoms with E-state index in [9.17, 15) is 4.79 Å². The third-order valence-corrected chi connectivity index (χ3v) is 5.51. The molecule has 8 heteroatoms. The number of ether oxygens (including phenoxy) is 3. The number of carbonyl (C=O) groups is 1. The first kappa shape index (κ1) is 20.1. The number of piperidine rings is 1. The Labute approximate surface area is 186 Å². The minimum absolute atomic E-state index is 0.106. The van der Waals surface area contributed by atoms with Crippen molar-refractivity contribution >= 4 is 17.4 Å². The van der Waals surface area contributed by atoms with E-state index in [0.717, 1.165) is 30.2 Å². The van der Waals surface area contributed by atoms with Crippen LogP contribution in [0.5, 0.6) is 17.2 Å². The first-order valence-electron chi connectivity index (χ1n) is 10.8. The van der Waals surface area contributed by atoms with Gasteiger partial charge in [-0.1, -0.05) is 12.1 Å². The van der Waals surface area contributed by atoms with Gasteiger partial charge in [0.15, 0.2) is 23.9 Å². The van der Waals surface area contributed by atoms with Crippen molar-refractivity contribution in [1.29, 1.82) is 0 Å². The standard InChI is InChI=1S/C24H24N4O4/c29-24(15-30-19-8-10-21-22(14-19)32-16-31-21)25-18-6-4-17(5-7-18)20-9-11-23(27-26-20)28-12-2-1-3-13-28/h4-11,14H,1-3,12-13,15-16H2,(H,25,29). The monoisotopic (exact) mass is 432 g/mol. The molecule has 1 N–H and O–H groups in total. The third-order valence-electron chi connectivity index (χ3n) is 5.51. The lowest BCUT2D eigenvalue weighted by molar-refractivity contribution is -0.118. The topological polar surface area (TPSA) is 85.8 Å². The average Bonchev–Trinajstić information content (AvgIpc) is 3.32. The highest BCUT2D eigenvalue weighted by Gasteiger charge is 2.15. The second kappa shape index (κ2) is 9.13. The maximum absolute atomic E-state index is 12.2. The summed E-state index contributed by atoms with van der Waals surface area (Å²) in [6.07, 6.45) is 3.70. The van der Waals surface area contributed by atoms with Gasteiger partial charge in [0.05, 0.1) is 5.69 Å². The second-order valence-corrected chi connectivity index (χ2v) is 7.75. The Morgan fingerprint density at radius 3 is 2.53 bits per heavy atom. The van der Waals surface area contributed by atoms with Crippen molar-refractivity contribution in [2.75, 3.05) is 36.7 Å². The van der Waals surface area contributed by atoms with Crippen LogP contribution in [-0.2, 0) is 4.79 Å². The van der Waals surface area contributed by atoms with Crippen LogP contribution in [0, 0.1) is 0 Å². The summed E-state index contributed by atoms with van der Waals surface area (Å²) in [5.74, 6) is 2.52. The Morgan fingerprint density at radius 2 is 1.75 bits per heavy atom. The van der Waals surface area contributed by atoms with Gasteiger partial charge in [-0.15, -0.1) is 10.2 Å². The fourth-order valence-corrected chi connectivity index (χ4v) is 3.81. The molecule has 0 unspecified atom stereocenters. The second-order valence-electron chi connectivity index (χ2n) is 7.75. The van der Waals surface area contributed by atoms with Gasteiger partial charge in [0, 0.05) is 30.4 Å². The van der Waals surface area contributed by atoms with E-state index in [1.54, 1.807) is 18.2 Å². The van der Waals surface area contributed by atoms with Gasteiger partial charge in [-0.05, 0) is 55.7 Å². The van der Waals surface area contributed by atoms with E-state index in [0.29, 0.717) is 22.9 Å². The summed E-state index contributed by atoms with van der Waals surface area (Å²) in [5, 5.41) is 11.6. The highest BCUT2D eigenvalue weighted by Crippen LogP contribution is 2.35. The molecule has 3 aromatic rings. The van der Waals surface area contributed by atoms with Crippen LogP contribution in [0.25, 0.3) is 11.3 Å². The molecule has 1 aromatic heterocycles. The van der Waals surface area contributed by atoms with Crippen LogP contribution in [0.3, 0.4) is 0 Å². The summed E-state index contributed by atoms with van der Waals surface area (Å²) in [6, 6.07) is 16.7. The summed E-state index contributed by atoms with van der Waals surface area (Å²) in [6.45, 7) is 2.18. The highest BCUT2D eigenvalue weighted by atomic mass is 16.7. The normalized spacial score (nSPS) is 14.8. The molecule has 164 valence electrons. The minimum Gasteiger partial charge on any atom is -0.484 e. The number of hydrogen-bond donors (Lipinski definition) is 1. The van der Waals surface area contributed by atoms with Gasteiger partial charge in [-0.3, -0.25) is 4.79 Å². The fourth-order valence-electron chi connectivity index (χ4n) is 3.81. The largest absolute Gasteiger partial charge is 0.484 e. The zero-order chi connectivity index (χ0) is 21.8. The summed E-state index contributed by atoms with van der Waals surface area (Å²) in [5.41, 5.74) is 2.43. The van der Waals surface area contributed by atoms with E-state index < -0.39 is 0 Å². The van der Waals surface area contributed by atoms with Gasteiger partial charge in [0.25, 0.3) is 5.91 Å². The SMILES string of the molecule is O=C(COc1ccc2c(c1)OCO2)Nc1ccc(-c2ccc(N3CCCCC3)nn2)cc1. The summed E-state index contributed by atoms with van der Waals surface area (Å²) >= 11 is 0. The van der Waals surface area contributed by atoms with Gasteiger partial charge in [0.2, 0.25) is 6.79 Å². The molecule has 2 aromatic carbocycles. The Kier molecular flexibility index (Phi) is 5.74. The van der Waals surface area contributed by atoms with Crippen molar-refractivity contribution in [2.24, 2.45) is 0 Å². The van der Waals surface area contributed by atoms with E-state index in [1.807, 2.05) is 36.4 Å². The smallest absolute Gasteiger partial charge is 0.262 e. The molecule has 0 spiro atoms. The summed E-state index contributed by atoms with van der Waals surface area (Å²) in [7, 11) is 0. The van der Waals surface area contributed by atoms with Crippen molar-refractivity contribution < 1.29 is 19.0 Å². The molecule has 2 aliphatic heterocycles. The first-order valence-corrected chi connectivity index (χ1v) is 10.8. The molecule has 1 saturated heterocycles. The number of amides is 1. The first-order chi connectivity index (χ1) is 15.7. The number of hydrogen-bond acceptors (Lipinski definition) is 7. The molecular formula is C24H24N4O4. The number of fused-ring (bicyclic) bond motifs is 1. The maximum Gasteiger partial charge on any atom is 0.262 e. The van der Waals surface area contributed by atoms with Crippen LogP contribution in [0.4, 0.5) is 11.5 Å². The van der Waals surface area contributed by atoms with E-state index in [-0.39, 0.29) is 19.3 Å². The van der Waals surface area contributed by atoms with Crippen molar-refractivity contribution in [2.45, 2.75) is 19.3 Å². The highest BCUT2D eigenvalue weighted by molar-refractivity contribution is 5.92. The molecule has 5 rings (SSSR count). The van der Waals surface area contributed by atoms with E-state index in [4.69, 9.17) is 14.2 Å². The molecule has 8 nitrogen and oxygen atoms in total. The number of rotatable bonds is 6. The van der Waals surface area contributed by atoms with E-state index >= 15 is 0 Å². The fraction of sp³-hybridized carbons (Fsp3) is 0.292. The van der Waals surface area contributed by atoms with Crippen molar-refractivity contribution in [3.8, 4) is 28.5 Å². The predicted octanol–water partition coefficient (Wildman–Crippen LogP) is 3.88. The van der Waals surface area contributed by atoms with Crippen LogP contribution < -0.4 is 24.4 Å². The van der Waals surface area contributed by atoms with Crippen molar-refractivity contribution in [1.82, 2.24) is 10.2 Å². The zero-order valence-corrected chi connectivity index (χ0v) is 17.6. The van der Waals surface area contributed by atoms with Gasteiger partial charge < -0.3 is 24.4 Å². The molecule has 0 saturated carbocycles. The molecule has 1 fully saturated rings. The Bertz CT molecular complexity index is 1080. The lowest BCUT2D eigenvalue weighted by Crippen LogP contribution is -2.30. The predicted molar refractivity (Wildman–Crippen MR) is 120 cm³/mol. The van der Waals surface area contributed by atoms with Gasteiger partial charge >= 0.3 is 0 Å². The number of nitrogens with zero attached hydrogens (tertiary/aromatic N) is 3. The Morgan fingerprint density at radius 1 is 0.938 bits per heavy atom. The van der Waals surface area contributed by atoms with Crippen molar-refractivity contribution in [3.05, 3.63) is 54.6 Å². The molecule has 0 radical (unpaired) electrons. The third kappa shape index (κ3) is 4.59. The maximum atomic E-state index is 12.2. The van der Waals surface area contributed by atoms with E-state index in [2.05, 4.69) is 20.4 Å². The molecule has 32 heavy (non-hydrogen) atoms. The Hall–Kier alpha value is -3.81. The molecule has 2 aliphatic rings. The molecular weight excluding hydrogens is 408 g/mol. The van der Waals surface area contributed by atoms with Crippen LogP contribution in [0.1, 0.15) is 19.3 Å². The van der Waals surface area contributed by atoms with Crippen molar-refractivity contribution in [3.63, 3.8) is 0 Å². The average molecular weight is 432 g/mol. The zero-order valence-electron chi connectivity index (χ0n) is 17.6. The molecule has 3 heterocycles. The van der Waals surface area contributed by atoms with Crippen LogP contribution in [-0.4, -0.2) is 42.6 Å². The number of benzene rings is 2. The number of carbonyl (C=O) groups excluding carboxylic acids is 1. The summed E-state index contributed by atoms with van der Waals surface area (Å²) in [4.78, 5) is 14.5. The van der Waals surface area contributed by atoms with Gasteiger partial charge in [0.1, 0.15) is 5.75 Å². The van der Waals surface area contributed by atoms with Gasteiger partial charge in [-0.2, -0.15) is 0 Å². The van der Waals surface area contributed by atoms with Crippen LogP contribution in [0.2, 0.25) is 0 Å². The number of anilines is 2. The number of nitrogens with one attached hydrogen (secondary N) is 1. The lowest BCUT2D eigenvalue weighted by Gasteiger charge is -2.27.